The Bertz CT molecular complexity index is 275. The maximum Gasteiger partial charge on any atom is 0.133 e. The summed E-state index contributed by atoms with van der Waals surface area (Å²) < 4.78 is 0. The van der Waals surface area contributed by atoms with Gasteiger partial charge >= 0.3 is 0 Å². The van der Waals surface area contributed by atoms with Crippen LogP contribution < -0.4 is 5.73 Å². The smallest absolute Gasteiger partial charge is 0.133 e. The summed E-state index contributed by atoms with van der Waals surface area (Å²) in [4.78, 5) is 8.25. The zero-order chi connectivity index (χ0) is 10.4. The largest absolute Gasteiger partial charge is 0.356 e. The Hall–Kier alpha value is -1.62. The molecular weight excluding hydrogens is 172 g/mol. The Morgan fingerprint density at radius 1 is 1.23 bits per heavy atom. The van der Waals surface area contributed by atoms with Gasteiger partial charge in [0.1, 0.15) is 5.69 Å². The predicted molar refractivity (Wildman–Crippen MR) is 48.8 cm³/mol. The molecule has 72 valence electrons. The fourth-order valence-corrected chi connectivity index (χ4v) is 0.849. The van der Waals surface area contributed by atoms with E-state index in [-0.39, 0.29) is 0 Å². The Morgan fingerprint density at radius 2 is 1.54 bits per heavy atom. The van der Waals surface area contributed by atoms with Crippen molar-refractivity contribution in [1.29, 1.82) is 0 Å². The number of aryl methyl sites for hydroxylation is 2. The zero-order valence-corrected chi connectivity index (χ0v) is 7.61. The maximum absolute atomic E-state index is 8.25. The lowest BCUT2D eigenvalue weighted by molar-refractivity contribution is -0.402. The summed E-state index contributed by atoms with van der Waals surface area (Å²) in [7, 11) is 0. The molecule has 0 radical (unpaired) electrons. The number of nitrogens with zero attached hydrogens (tertiary/aromatic N) is 1. The molecule has 0 amide bonds. The zero-order valence-electron chi connectivity index (χ0n) is 7.61. The molecule has 5 nitrogen and oxygen atoms in total. The van der Waals surface area contributed by atoms with Crippen LogP contribution in [0.5, 0.6) is 0 Å². The first kappa shape index (κ1) is 11.4. The third-order valence-electron chi connectivity index (χ3n) is 1.64. The third kappa shape index (κ3) is 4.76. The van der Waals surface area contributed by atoms with E-state index in [0.717, 1.165) is 5.69 Å². The average Bonchev–Trinajstić information content (AvgIpc) is 1.99. The van der Waals surface area contributed by atoms with Crippen LogP contribution in [0.25, 0.3) is 0 Å². The van der Waals surface area contributed by atoms with E-state index in [4.69, 9.17) is 15.3 Å². The fourth-order valence-electron chi connectivity index (χ4n) is 0.849. The molecule has 1 aromatic carbocycles. The van der Waals surface area contributed by atoms with Gasteiger partial charge in [0.25, 0.3) is 0 Å². The number of hydrogen-bond acceptors (Lipinski definition) is 3. The lowest BCUT2D eigenvalue weighted by Gasteiger charge is -1.96. The summed E-state index contributed by atoms with van der Waals surface area (Å²) >= 11 is 0. The van der Waals surface area contributed by atoms with Gasteiger partial charge < -0.3 is 21.1 Å². The van der Waals surface area contributed by atoms with E-state index in [1.165, 1.54) is 11.1 Å². The quantitative estimate of drug-likeness (QED) is 0.480. The van der Waals surface area contributed by atoms with Crippen molar-refractivity contribution in [3.8, 4) is 0 Å². The van der Waals surface area contributed by atoms with Gasteiger partial charge in [0.15, 0.2) is 0 Å². The second-order valence-corrected chi connectivity index (χ2v) is 2.59. The molecule has 0 heterocycles. The Morgan fingerprint density at radius 3 is 1.77 bits per heavy atom. The van der Waals surface area contributed by atoms with E-state index in [1.807, 2.05) is 0 Å². The van der Waals surface area contributed by atoms with Gasteiger partial charge in [-0.15, -0.1) is 0 Å². The van der Waals surface area contributed by atoms with Gasteiger partial charge in [-0.3, -0.25) is 0 Å². The van der Waals surface area contributed by atoms with Crippen molar-refractivity contribution >= 4 is 5.69 Å². The maximum atomic E-state index is 8.25. The number of benzene rings is 1. The van der Waals surface area contributed by atoms with Crippen LogP contribution in [0.3, 0.4) is 0 Å². The standard InChI is InChI=1S/C8H11N.NO3/c1-6-4-3-5-7(2)8(6)9;2-1(3)4/h3-5H,9H2,1-2H3;/q;-1/p+1. The summed E-state index contributed by atoms with van der Waals surface area (Å²) in [5.41, 5.74) is 7.63. The first-order valence-electron chi connectivity index (χ1n) is 3.65. The molecule has 0 aromatic heterocycles. The van der Waals surface area contributed by atoms with Crippen LogP contribution in [0.2, 0.25) is 0 Å². The summed E-state index contributed by atoms with van der Waals surface area (Å²) in [6.45, 7) is 4.16. The minimum absolute atomic E-state index is 1.16. The molecule has 1 rings (SSSR count). The number of hydrogen-bond donors (Lipinski definition) is 1. The molecular formula is C8H12N2O3. The molecule has 0 unspecified atom stereocenters. The Balaban J connectivity index is 0.000000310. The highest BCUT2D eigenvalue weighted by atomic mass is 16.9. The second-order valence-electron chi connectivity index (χ2n) is 2.59. The van der Waals surface area contributed by atoms with Gasteiger partial charge in [0.2, 0.25) is 0 Å². The molecule has 0 fully saturated rings. The van der Waals surface area contributed by atoms with Crippen LogP contribution in [0.4, 0.5) is 5.69 Å². The highest BCUT2D eigenvalue weighted by Crippen LogP contribution is 2.11. The molecule has 0 aliphatic heterocycles. The second kappa shape index (κ2) is 5.10. The lowest BCUT2D eigenvalue weighted by atomic mass is 10.1. The van der Waals surface area contributed by atoms with Crippen molar-refractivity contribution in [2.24, 2.45) is 0 Å². The molecule has 5 heteroatoms. The van der Waals surface area contributed by atoms with Gasteiger partial charge in [-0.1, -0.05) is 18.2 Å². The number of quaternary nitrogens is 1. The molecule has 0 atom stereocenters. The molecule has 0 aliphatic carbocycles. The molecule has 0 spiro atoms. The SMILES string of the molecule is Cc1cccc(C)c1[NH3+].O=[N+]([O-])[O-]. The van der Waals surface area contributed by atoms with Gasteiger partial charge in [-0.2, -0.15) is 0 Å². The third-order valence-corrected chi connectivity index (χ3v) is 1.64. The summed E-state index contributed by atoms with van der Waals surface area (Å²) in [5, 5.41) is 14.8. The Kier molecular flexibility index (Phi) is 4.47. The molecule has 0 aliphatic rings. The van der Waals surface area contributed by atoms with Crippen LogP contribution in [-0.2, 0) is 0 Å². The van der Waals surface area contributed by atoms with Crippen molar-refractivity contribution in [1.82, 2.24) is 0 Å². The topological polar surface area (TPSA) is 93.8 Å². The van der Waals surface area contributed by atoms with Crippen LogP contribution in [0, 0.1) is 29.2 Å². The predicted octanol–water partition coefficient (Wildman–Crippen LogP) is 0.938. The highest BCUT2D eigenvalue weighted by molar-refractivity contribution is 5.44. The molecule has 1 aromatic rings. The first-order chi connectivity index (χ1) is 5.95. The normalized spacial score (nSPS) is 8.54. The fraction of sp³-hybridized carbons (Fsp3) is 0.250. The number of rotatable bonds is 0. The van der Waals surface area contributed by atoms with E-state index >= 15 is 0 Å². The van der Waals surface area contributed by atoms with Crippen molar-refractivity contribution in [2.75, 3.05) is 0 Å². The Labute approximate surface area is 75.9 Å². The first-order valence-corrected chi connectivity index (χ1v) is 3.65. The van der Waals surface area contributed by atoms with E-state index < -0.39 is 5.09 Å². The van der Waals surface area contributed by atoms with E-state index in [1.54, 1.807) is 0 Å². The minimum atomic E-state index is -1.75. The lowest BCUT2D eigenvalue weighted by Crippen LogP contribution is -2.42. The van der Waals surface area contributed by atoms with Crippen molar-refractivity contribution in [3.05, 3.63) is 44.6 Å². The molecule has 3 N–H and O–H groups in total. The summed E-state index contributed by atoms with van der Waals surface area (Å²) in [6.07, 6.45) is 0. The molecule has 0 saturated heterocycles. The van der Waals surface area contributed by atoms with E-state index in [0.29, 0.717) is 0 Å². The van der Waals surface area contributed by atoms with Crippen LogP contribution in [0.1, 0.15) is 11.1 Å². The van der Waals surface area contributed by atoms with Gasteiger partial charge in [0, 0.05) is 11.1 Å². The van der Waals surface area contributed by atoms with Gasteiger partial charge in [-0.25, -0.2) is 0 Å². The van der Waals surface area contributed by atoms with Gasteiger partial charge in [-0.05, 0) is 13.8 Å². The van der Waals surface area contributed by atoms with Crippen LogP contribution in [0.15, 0.2) is 18.2 Å². The van der Waals surface area contributed by atoms with E-state index in [2.05, 4.69) is 37.8 Å². The van der Waals surface area contributed by atoms with Gasteiger partial charge in [0.05, 0.1) is 5.09 Å². The van der Waals surface area contributed by atoms with Crippen LogP contribution in [-0.4, -0.2) is 5.09 Å². The molecule has 0 bridgehead atoms. The highest BCUT2D eigenvalue weighted by Gasteiger charge is 1.97. The van der Waals surface area contributed by atoms with Crippen LogP contribution >= 0.6 is 0 Å². The van der Waals surface area contributed by atoms with Crippen molar-refractivity contribution < 1.29 is 10.8 Å². The average molecular weight is 184 g/mol. The minimum Gasteiger partial charge on any atom is -0.356 e. The summed E-state index contributed by atoms with van der Waals surface area (Å²) in [5.74, 6) is 0. The molecule has 0 saturated carbocycles. The summed E-state index contributed by atoms with van der Waals surface area (Å²) in [6, 6.07) is 6.21. The molecule has 13 heavy (non-hydrogen) atoms. The van der Waals surface area contributed by atoms with E-state index in [9.17, 15) is 0 Å². The van der Waals surface area contributed by atoms with Crippen molar-refractivity contribution in [3.63, 3.8) is 0 Å². The monoisotopic (exact) mass is 184 g/mol. The van der Waals surface area contributed by atoms with Crippen molar-refractivity contribution in [2.45, 2.75) is 13.8 Å².